The predicted octanol–water partition coefficient (Wildman–Crippen LogP) is 4.62. The fourth-order valence-corrected chi connectivity index (χ4v) is 3.47. The maximum atomic E-state index is 13.8. The minimum absolute atomic E-state index is 0.0947. The first kappa shape index (κ1) is 19.8. The van der Waals surface area contributed by atoms with Gasteiger partial charge in [0, 0.05) is 47.2 Å². The van der Waals surface area contributed by atoms with Crippen LogP contribution in [0.3, 0.4) is 0 Å². The monoisotopic (exact) mass is 429 g/mol. The molecule has 10 heteroatoms. The summed E-state index contributed by atoms with van der Waals surface area (Å²) in [5, 5.41) is 9.44. The van der Waals surface area contributed by atoms with Gasteiger partial charge >= 0.3 is 0 Å². The van der Waals surface area contributed by atoms with Crippen LogP contribution in [-0.4, -0.2) is 25.7 Å². The topological polar surface area (TPSA) is 72.7 Å². The molecule has 4 aromatic rings. The van der Waals surface area contributed by atoms with Gasteiger partial charge in [-0.1, -0.05) is 6.92 Å². The van der Waals surface area contributed by atoms with Crippen molar-refractivity contribution in [2.75, 3.05) is 5.32 Å². The van der Waals surface area contributed by atoms with E-state index in [1.54, 1.807) is 16.9 Å². The highest BCUT2D eigenvalue weighted by Gasteiger charge is 2.20. The van der Waals surface area contributed by atoms with Crippen molar-refractivity contribution in [1.82, 2.24) is 19.7 Å². The van der Waals surface area contributed by atoms with Gasteiger partial charge in [-0.15, -0.1) is 11.3 Å². The molecule has 152 valence electrons. The quantitative estimate of drug-likeness (QED) is 0.502. The molecule has 1 N–H and O–H groups in total. The second-order valence-electron chi connectivity index (χ2n) is 6.23. The molecule has 6 nitrogen and oxygen atoms in total. The number of thiazole rings is 1. The Hall–Kier alpha value is -3.53. The van der Waals surface area contributed by atoms with Gasteiger partial charge in [-0.25, -0.2) is 27.8 Å². The summed E-state index contributed by atoms with van der Waals surface area (Å²) < 4.78 is 42.3. The molecule has 0 bridgehead atoms. The van der Waals surface area contributed by atoms with E-state index < -0.39 is 28.9 Å². The van der Waals surface area contributed by atoms with Crippen LogP contribution in [0.15, 0.2) is 48.2 Å². The smallest absolute Gasteiger partial charge is 0.262 e. The number of amides is 1. The molecule has 0 aliphatic heterocycles. The van der Waals surface area contributed by atoms with Crippen molar-refractivity contribution in [3.05, 3.63) is 76.9 Å². The molecule has 3 aromatic heterocycles. The number of aromatic nitrogens is 4. The summed E-state index contributed by atoms with van der Waals surface area (Å²) in [6, 6.07) is 4.11. The number of hydrogen-bond donors (Lipinski definition) is 1. The third kappa shape index (κ3) is 3.81. The van der Waals surface area contributed by atoms with Crippen molar-refractivity contribution in [3.63, 3.8) is 0 Å². The molecule has 3 heterocycles. The van der Waals surface area contributed by atoms with Crippen LogP contribution in [0.5, 0.6) is 0 Å². The van der Waals surface area contributed by atoms with E-state index in [0.717, 1.165) is 22.0 Å². The molecule has 1 aromatic carbocycles. The zero-order valence-corrected chi connectivity index (χ0v) is 16.4. The molecule has 0 saturated heterocycles. The fraction of sp³-hybridized carbons (Fsp3) is 0.100. The molecule has 0 atom stereocenters. The Morgan fingerprint density at radius 3 is 2.53 bits per heavy atom. The number of hydrogen-bond acceptors (Lipinski definition) is 5. The lowest BCUT2D eigenvalue weighted by atomic mass is 10.1. The number of benzene rings is 1. The molecule has 0 aliphatic rings. The molecule has 0 radical (unpaired) electrons. The van der Waals surface area contributed by atoms with Gasteiger partial charge in [-0.2, -0.15) is 5.10 Å². The molecular weight excluding hydrogens is 415 g/mol. The number of pyridine rings is 1. The Morgan fingerprint density at radius 2 is 1.93 bits per heavy atom. The van der Waals surface area contributed by atoms with Gasteiger partial charge < -0.3 is 5.32 Å². The molecule has 4 rings (SSSR count). The van der Waals surface area contributed by atoms with Gasteiger partial charge in [0.15, 0.2) is 0 Å². The average molecular weight is 429 g/mol. The van der Waals surface area contributed by atoms with Crippen molar-refractivity contribution >= 4 is 23.1 Å². The van der Waals surface area contributed by atoms with E-state index in [-0.39, 0.29) is 5.82 Å². The minimum atomic E-state index is -1.29. The molecule has 1 amide bonds. The summed E-state index contributed by atoms with van der Waals surface area (Å²) in [5.41, 5.74) is 1.58. The Kier molecular flexibility index (Phi) is 5.32. The summed E-state index contributed by atoms with van der Waals surface area (Å²) in [7, 11) is 0. The maximum absolute atomic E-state index is 13.8. The van der Waals surface area contributed by atoms with E-state index in [2.05, 4.69) is 20.4 Å². The lowest BCUT2D eigenvalue weighted by Gasteiger charge is -2.07. The maximum Gasteiger partial charge on any atom is 0.262 e. The summed E-state index contributed by atoms with van der Waals surface area (Å²) in [5.74, 6) is -4.64. The Bertz CT molecular complexity index is 1180. The third-order valence-corrected chi connectivity index (χ3v) is 5.05. The van der Waals surface area contributed by atoms with Crippen LogP contribution in [0.4, 0.5) is 19.0 Å². The number of nitrogens with one attached hydrogen (secondary N) is 1. The van der Waals surface area contributed by atoms with E-state index in [1.165, 1.54) is 23.6 Å². The van der Waals surface area contributed by atoms with Crippen molar-refractivity contribution in [1.29, 1.82) is 0 Å². The van der Waals surface area contributed by atoms with Crippen molar-refractivity contribution < 1.29 is 18.0 Å². The van der Waals surface area contributed by atoms with E-state index in [4.69, 9.17) is 0 Å². The lowest BCUT2D eigenvalue weighted by Crippen LogP contribution is -2.17. The molecule has 0 fully saturated rings. The molecule has 0 aliphatic carbocycles. The highest BCUT2D eigenvalue weighted by Crippen LogP contribution is 2.26. The first-order valence-electron chi connectivity index (χ1n) is 8.87. The van der Waals surface area contributed by atoms with Crippen LogP contribution in [0, 0.1) is 17.5 Å². The Balaban J connectivity index is 1.57. The molecule has 0 saturated carbocycles. The number of nitrogens with zero attached hydrogens (tertiary/aromatic N) is 4. The van der Waals surface area contributed by atoms with Crippen LogP contribution < -0.4 is 5.32 Å². The summed E-state index contributed by atoms with van der Waals surface area (Å²) in [6.45, 7) is 1.98. The molecule has 0 spiro atoms. The SMILES string of the molecule is CCc1nn(-c2nccs2)cc1-c1ccc(NC(=O)c2c(F)cc(F)cc2F)nc1. The van der Waals surface area contributed by atoms with Crippen LogP contribution in [0.25, 0.3) is 16.3 Å². The zero-order valence-electron chi connectivity index (χ0n) is 15.6. The number of anilines is 1. The normalized spacial score (nSPS) is 10.9. The van der Waals surface area contributed by atoms with E-state index in [9.17, 15) is 18.0 Å². The van der Waals surface area contributed by atoms with Gasteiger partial charge in [0.25, 0.3) is 5.91 Å². The lowest BCUT2D eigenvalue weighted by molar-refractivity contribution is 0.101. The summed E-state index contributed by atoms with van der Waals surface area (Å²) >= 11 is 1.46. The first-order valence-corrected chi connectivity index (χ1v) is 9.75. The Labute approximate surface area is 173 Å². The predicted molar refractivity (Wildman–Crippen MR) is 106 cm³/mol. The first-order chi connectivity index (χ1) is 14.5. The van der Waals surface area contributed by atoms with E-state index in [0.29, 0.717) is 18.6 Å². The van der Waals surface area contributed by atoms with Crippen LogP contribution in [-0.2, 0) is 6.42 Å². The largest absolute Gasteiger partial charge is 0.306 e. The van der Waals surface area contributed by atoms with Crippen molar-refractivity contribution in [2.45, 2.75) is 13.3 Å². The highest BCUT2D eigenvalue weighted by molar-refractivity contribution is 7.12. The van der Waals surface area contributed by atoms with Crippen LogP contribution in [0.2, 0.25) is 0 Å². The minimum Gasteiger partial charge on any atom is -0.306 e. The number of halogens is 3. The average Bonchev–Trinajstić information content (AvgIpc) is 3.37. The van der Waals surface area contributed by atoms with Gasteiger partial charge in [0.2, 0.25) is 5.13 Å². The van der Waals surface area contributed by atoms with Crippen molar-refractivity contribution in [3.8, 4) is 16.3 Å². The number of rotatable bonds is 5. The van der Waals surface area contributed by atoms with Gasteiger partial charge in [0.05, 0.1) is 5.69 Å². The third-order valence-electron chi connectivity index (χ3n) is 4.29. The van der Waals surface area contributed by atoms with Crippen molar-refractivity contribution in [2.24, 2.45) is 0 Å². The number of carbonyl (C=O) groups excluding carboxylic acids is 1. The number of aryl methyl sites for hydroxylation is 1. The van der Waals surface area contributed by atoms with E-state index in [1.807, 2.05) is 18.5 Å². The molecule has 30 heavy (non-hydrogen) atoms. The summed E-state index contributed by atoms with van der Waals surface area (Å²) in [4.78, 5) is 20.6. The van der Waals surface area contributed by atoms with Crippen LogP contribution >= 0.6 is 11.3 Å². The fourth-order valence-electron chi connectivity index (χ4n) is 2.90. The van der Waals surface area contributed by atoms with Crippen LogP contribution in [0.1, 0.15) is 23.0 Å². The van der Waals surface area contributed by atoms with Gasteiger partial charge in [-0.3, -0.25) is 4.79 Å². The second kappa shape index (κ2) is 8.07. The standard InChI is InChI=1S/C20H14F3N5OS/c1-2-16-13(10-28(27-16)20-24-5-6-30-20)11-3-4-17(25-9-11)26-19(29)18-14(22)7-12(21)8-15(18)23/h3-10H,2H2,1H3,(H,25,26,29). The zero-order chi connectivity index (χ0) is 21.3. The second-order valence-corrected chi connectivity index (χ2v) is 7.11. The number of carbonyl (C=O) groups is 1. The van der Waals surface area contributed by atoms with Gasteiger partial charge in [-0.05, 0) is 18.6 Å². The summed E-state index contributed by atoms with van der Waals surface area (Å²) in [6.07, 6.45) is 5.75. The molecular formula is C20H14F3N5OS. The van der Waals surface area contributed by atoms with E-state index >= 15 is 0 Å². The Morgan fingerprint density at radius 1 is 1.17 bits per heavy atom. The molecule has 0 unspecified atom stereocenters. The van der Waals surface area contributed by atoms with Gasteiger partial charge in [0.1, 0.15) is 28.8 Å². The highest BCUT2D eigenvalue weighted by atomic mass is 32.1.